The molecule has 0 spiro atoms. The van der Waals surface area contributed by atoms with Crippen LogP contribution in [0.1, 0.15) is 22.9 Å². The molecule has 0 bridgehead atoms. The number of thiophene rings is 1. The number of rotatable bonds is 3. The van der Waals surface area contributed by atoms with Crippen LogP contribution in [-0.2, 0) is 0 Å². The summed E-state index contributed by atoms with van der Waals surface area (Å²) >= 11 is 1.65. The van der Waals surface area contributed by atoms with Gasteiger partial charge in [-0.25, -0.2) is 0 Å². The summed E-state index contributed by atoms with van der Waals surface area (Å²) in [5, 5.41) is 6.26. The van der Waals surface area contributed by atoms with Gasteiger partial charge in [0.1, 0.15) is 5.75 Å². The minimum absolute atomic E-state index is 0.131. The van der Waals surface area contributed by atoms with E-state index < -0.39 is 6.36 Å². The van der Waals surface area contributed by atoms with Crippen molar-refractivity contribution < 1.29 is 17.9 Å². The number of benzene rings is 1. The molecule has 3 nitrogen and oxygen atoms in total. The summed E-state index contributed by atoms with van der Waals surface area (Å²) in [7, 11) is 0. The van der Waals surface area contributed by atoms with E-state index >= 15 is 0 Å². The van der Waals surface area contributed by atoms with Gasteiger partial charge in [-0.1, -0.05) is 6.07 Å². The number of ether oxygens (including phenoxy) is 1. The van der Waals surface area contributed by atoms with Crippen molar-refractivity contribution in [3.63, 3.8) is 0 Å². The van der Waals surface area contributed by atoms with Gasteiger partial charge in [-0.3, -0.25) is 0 Å². The van der Waals surface area contributed by atoms with E-state index in [0.29, 0.717) is 6.42 Å². The van der Waals surface area contributed by atoms with E-state index in [1.807, 2.05) is 17.5 Å². The maximum absolute atomic E-state index is 12.1. The van der Waals surface area contributed by atoms with Gasteiger partial charge in [0.25, 0.3) is 0 Å². The van der Waals surface area contributed by atoms with E-state index in [1.165, 1.54) is 17.0 Å². The zero-order valence-corrected chi connectivity index (χ0v) is 11.5. The SMILES string of the molecule is FC(F)(F)Oc1ccc(C2=NNC(c3cccs3)C2)cc1. The predicted molar refractivity (Wildman–Crippen MR) is 74.5 cm³/mol. The van der Waals surface area contributed by atoms with Crippen molar-refractivity contribution in [3.8, 4) is 5.75 Å². The van der Waals surface area contributed by atoms with E-state index in [2.05, 4.69) is 15.3 Å². The molecule has 7 heteroatoms. The number of hydrogen-bond acceptors (Lipinski definition) is 4. The summed E-state index contributed by atoms with van der Waals surface area (Å²) in [5.74, 6) is -0.229. The first kappa shape index (κ1) is 13.9. The van der Waals surface area contributed by atoms with Crippen LogP contribution in [0.25, 0.3) is 0 Å². The molecule has 3 rings (SSSR count). The van der Waals surface area contributed by atoms with Crippen LogP contribution in [0.5, 0.6) is 5.75 Å². The van der Waals surface area contributed by atoms with Crippen LogP contribution in [0.4, 0.5) is 13.2 Å². The van der Waals surface area contributed by atoms with Crippen LogP contribution in [0.3, 0.4) is 0 Å². The van der Waals surface area contributed by atoms with Crippen LogP contribution in [0.15, 0.2) is 46.9 Å². The van der Waals surface area contributed by atoms with Gasteiger partial charge in [0.15, 0.2) is 0 Å². The molecule has 1 aliphatic heterocycles. The monoisotopic (exact) mass is 312 g/mol. The highest BCUT2D eigenvalue weighted by Crippen LogP contribution is 2.29. The second-order valence-electron chi connectivity index (χ2n) is 4.53. The van der Waals surface area contributed by atoms with Gasteiger partial charge in [-0.2, -0.15) is 5.10 Å². The normalized spacial score (nSPS) is 18.2. The Morgan fingerprint density at radius 1 is 1.19 bits per heavy atom. The Morgan fingerprint density at radius 2 is 1.95 bits per heavy atom. The largest absolute Gasteiger partial charge is 0.573 e. The quantitative estimate of drug-likeness (QED) is 0.926. The molecular weight excluding hydrogens is 301 g/mol. The predicted octanol–water partition coefficient (Wildman–Crippen LogP) is 4.09. The van der Waals surface area contributed by atoms with Gasteiger partial charge in [-0.15, -0.1) is 24.5 Å². The highest BCUT2D eigenvalue weighted by Gasteiger charge is 2.31. The molecular formula is C14H11F3N2OS. The molecule has 1 atom stereocenters. The number of nitrogens with zero attached hydrogens (tertiary/aromatic N) is 1. The van der Waals surface area contributed by atoms with Gasteiger partial charge in [-0.05, 0) is 41.3 Å². The van der Waals surface area contributed by atoms with Gasteiger partial charge in [0, 0.05) is 11.3 Å². The Balaban J connectivity index is 1.68. The van der Waals surface area contributed by atoms with Crippen molar-refractivity contribution in [1.82, 2.24) is 5.43 Å². The number of hydrazone groups is 1. The second kappa shape index (κ2) is 5.40. The third-order valence-electron chi connectivity index (χ3n) is 3.06. The number of halogens is 3. The standard InChI is InChI=1S/C14H11F3N2OS/c15-14(16,17)20-10-5-3-9(4-6-10)11-8-12(19-18-11)13-2-1-7-21-13/h1-7,12,19H,8H2. The van der Waals surface area contributed by atoms with Crippen LogP contribution < -0.4 is 10.2 Å². The topological polar surface area (TPSA) is 33.6 Å². The van der Waals surface area contributed by atoms with E-state index in [-0.39, 0.29) is 11.8 Å². The maximum Gasteiger partial charge on any atom is 0.573 e. The first-order chi connectivity index (χ1) is 10.0. The molecule has 1 unspecified atom stereocenters. The van der Waals surface area contributed by atoms with Crippen molar-refractivity contribution in [3.05, 3.63) is 52.2 Å². The van der Waals surface area contributed by atoms with Crippen LogP contribution in [0, 0.1) is 0 Å². The average Bonchev–Trinajstić information content (AvgIpc) is 3.09. The molecule has 1 aromatic heterocycles. The maximum atomic E-state index is 12.1. The Kier molecular flexibility index (Phi) is 3.59. The van der Waals surface area contributed by atoms with Crippen LogP contribution >= 0.6 is 11.3 Å². The highest BCUT2D eigenvalue weighted by atomic mass is 32.1. The summed E-state index contributed by atoms with van der Waals surface area (Å²) in [4.78, 5) is 1.19. The molecule has 1 aromatic carbocycles. The molecule has 110 valence electrons. The molecule has 21 heavy (non-hydrogen) atoms. The van der Waals surface area contributed by atoms with Crippen molar-refractivity contribution in [2.75, 3.05) is 0 Å². The summed E-state index contributed by atoms with van der Waals surface area (Å²) in [6.07, 6.45) is -3.96. The van der Waals surface area contributed by atoms with Gasteiger partial charge >= 0.3 is 6.36 Å². The lowest BCUT2D eigenvalue weighted by Crippen LogP contribution is -2.17. The third kappa shape index (κ3) is 3.36. The highest BCUT2D eigenvalue weighted by molar-refractivity contribution is 7.10. The molecule has 2 heterocycles. The molecule has 1 N–H and O–H groups in total. The van der Waals surface area contributed by atoms with Gasteiger partial charge < -0.3 is 10.2 Å². The Bertz CT molecular complexity index is 635. The molecule has 0 saturated carbocycles. The lowest BCUT2D eigenvalue weighted by molar-refractivity contribution is -0.274. The number of nitrogens with one attached hydrogen (secondary N) is 1. The summed E-state index contributed by atoms with van der Waals surface area (Å²) in [5.41, 5.74) is 4.66. The average molecular weight is 312 g/mol. The molecule has 0 amide bonds. The molecule has 2 aromatic rings. The van der Waals surface area contributed by atoms with E-state index in [0.717, 1.165) is 11.3 Å². The minimum atomic E-state index is -4.67. The van der Waals surface area contributed by atoms with Crippen molar-refractivity contribution >= 4 is 17.0 Å². The smallest absolute Gasteiger partial charge is 0.406 e. The number of alkyl halides is 3. The number of hydrogen-bond donors (Lipinski definition) is 1. The lowest BCUT2D eigenvalue weighted by atomic mass is 10.0. The fourth-order valence-corrected chi connectivity index (χ4v) is 2.90. The first-order valence-corrected chi connectivity index (χ1v) is 7.11. The lowest BCUT2D eigenvalue weighted by Gasteiger charge is -2.09. The second-order valence-corrected chi connectivity index (χ2v) is 5.51. The van der Waals surface area contributed by atoms with Crippen LogP contribution in [-0.4, -0.2) is 12.1 Å². The van der Waals surface area contributed by atoms with Gasteiger partial charge in [0.2, 0.25) is 0 Å². The van der Waals surface area contributed by atoms with Gasteiger partial charge in [0.05, 0.1) is 11.8 Å². The Labute approximate surface area is 123 Å². The molecule has 0 aliphatic carbocycles. The van der Waals surface area contributed by atoms with E-state index in [9.17, 15) is 13.2 Å². The zero-order chi connectivity index (χ0) is 14.9. The molecule has 0 fully saturated rings. The summed E-state index contributed by atoms with van der Waals surface area (Å²) in [6.45, 7) is 0. The van der Waals surface area contributed by atoms with Crippen molar-refractivity contribution in [2.45, 2.75) is 18.8 Å². The molecule has 1 aliphatic rings. The third-order valence-corrected chi connectivity index (χ3v) is 4.05. The van der Waals surface area contributed by atoms with Crippen molar-refractivity contribution in [1.29, 1.82) is 0 Å². The Morgan fingerprint density at radius 3 is 2.57 bits per heavy atom. The summed E-state index contributed by atoms with van der Waals surface area (Å²) in [6, 6.07) is 9.89. The zero-order valence-electron chi connectivity index (χ0n) is 10.7. The van der Waals surface area contributed by atoms with E-state index in [4.69, 9.17) is 0 Å². The summed E-state index contributed by atoms with van der Waals surface area (Å²) < 4.78 is 40.1. The van der Waals surface area contributed by atoms with E-state index in [1.54, 1.807) is 23.5 Å². The Hall–Kier alpha value is -2.02. The van der Waals surface area contributed by atoms with Crippen LogP contribution in [0.2, 0.25) is 0 Å². The first-order valence-electron chi connectivity index (χ1n) is 6.23. The van der Waals surface area contributed by atoms with Crippen molar-refractivity contribution in [2.24, 2.45) is 5.10 Å². The minimum Gasteiger partial charge on any atom is -0.406 e. The fourth-order valence-electron chi connectivity index (χ4n) is 2.13. The fraction of sp³-hybridized carbons (Fsp3) is 0.214. The molecule has 0 saturated heterocycles. The molecule has 0 radical (unpaired) electrons.